The molecule has 0 bridgehead atoms. The first-order valence-electron chi connectivity index (χ1n) is 7.89. The number of carbonyl (C=O) groups is 1. The predicted octanol–water partition coefficient (Wildman–Crippen LogP) is 3.98. The van der Waals surface area contributed by atoms with Crippen LogP contribution in [-0.4, -0.2) is 25.5 Å². The summed E-state index contributed by atoms with van der Waals surface area (Å²) < 4.78 is 15.2. The zero-order valence-electron chi connectivity index (χ0n) is 13.8. The lowest BCUT2D eigenvalue weighted by Crippen LogP contribution is -2.08. The third kappa shape index (κ3) is 2.71. The maximum Gasteiger partial charge on any atom is 0.284 e. The van der Waals surface area contributed by atoms with Crippen molar-refractivity contribution in [2.75, 3.05) is 0 Å². The number of hydrogen-bond donors (Lipinski definition) is 2. The fraction of sp³-hybridized carbons (Fsp3) is 0.111. The number of nitrogens with zero attached hydrogens (tertiary/aromatic N) is 4. The third-order valence-corrected chi connectivity index (χ3v) is 4.11. The fourth-order valence-corrected chi connectivity index (χ4v) is 2.91. The number of amides is 1. The minimum atomic E-state index is -0.513. The number of rotatable bonds is 3. The molecule has 4 aromatic rings. The van der Waals surface area contributed by atoms with Crippen molar-refractivity contribution in [3.8, 4) is 5.88 Å². The van der Waals surface area contributed by atoms with E-state index in [0.717, 1.165) is 11.0 Å². The molecule has 2 aromatic heterocycles. The SMILES string of the molecule is Cc1nc2ccccc2n1CC(=O)N=Nc1c(O)[nH]c2ccc(F)cc12. The van der Waals surface area contributed by atoms with E-state index in [-0.39, 0.29) is 18.1 Å². The highest BCUT2D eigenvalue weighted by Crippen LogP contribution is 2.35. The minimum Gasteiger partial charge on any atom is -0.493 e. The van der Waals surface area contributed by atoms with Gasteiger partial charge in [0.25, 0.3) is 5.91 Å². The van der Waals surface area contributed by atoms with Crippen molar-refractivity contribution >= 4 is 33.5 Å². The van der Waals surface area contributed by atoms with Crippen LogP contribution < -0.4 is 0 Å². The van der Waals surface area contributed by atoms with Crippen molar-refractivity contribution in [3.05, 3.63) is 54.1 Å². The summed E-state index contributed by atoms with van der Waals surface area (Å²) in [5.41, 5.74) is 2.15. The van der Waals surface area contributed by atoms with Crippen molar-refractivity contribution in [1.82, 2.24) is 14.5 Å². The molecule has 130 valence electrons. The van der Waals surface area contributed by atoms with E-state index in [1.54, 1.807) is 11.5 Å². The molecule has 0 radical (unpaired) electrons. The van der Waals surface area contributed by atoms with Gasteiger partial charge in [-0.05, 0) is 37.3 Å². The number of imidazole rings is 1. The molecule has 26 heavy (non-hydrogen) atoms. The van der Waals surface area contributed by atoms with E-state index in [4.69, 9.17) is 0 Å². The average Bonchev–Trinajstić information content (AvgIpc) is 3.09. The Bertz CT molecular complexity index is 1180. The smallest absolute Gasteiger partial charge is 0.284 e. The zero-order chi connectivity index (χ0) is 18.3. The maximum absolute atomic E-state index is 13.4. The summed E-state index contributed by atoms with van der Waals surface area (Å²) in [5, 5.41) is 17.8. The molecule has 2 aromatic carbocycles. The lowest BCUT2D eigenvalue weighted by molar-refractivity contribution is -0.118. The molecule has 2 N–H and O–H groups in total. The number of benzene rings is 2. The van der Waals surface area contributed by atoms with Gasteiger partial charge in [0.1, 0.15) is 18.2 Å². The van der Waals surface area contributed by atoms with Crippen LogP contribution in [0.3, 0.4) is 0 Å². The van der Waals surface area contributed by atoms with E-state index in [1.165, 1.54) is 18.2 Å². The van der Waals surface area contributed by atoms with E-state index < -0.39 is 11.7 Å². The number of para-hydroxylation sites is 2. The second-order valence-corrected chi connectivity index (χ2v) is 5.84. The van der Waals surface area contributed by atoms with Gasteiger partial charge in [-0.15, -0.1) is 10.2 Å². The standard InChI is InChI=1S/C18H14FN5O2/c1-10-20-14-4-2-3-5-15(14)24(10)9-16(25)22-23-17-12-8-11(19)6-7-13(12)21-18(17)26/h2-8,21,26H,9H2,1H3. The number of nitrogens with one attached hydrogen (secondary N) is 1. The molecular formula is C18H14FN5O2. The highest BCUT2D eigenvalue weighted by Gasteiger charge is 2.13. The van der Waals surface area contributed by atoms with E-state index in [1.807, 2.05) is 24.3 Å². The molecule has 0 saturated carbocycles. The number of carbonyl (C=O) groups excluding carboxylic acids is 1. The summed E-state index contributed by atoms with van der Waals surface area (Å²) in [6, 6.07) is 11.4. The average molecular weight is 351 g/mol. The summed E-state index contributed by atoms with van der Waals surface area (Å²) in [6.45, 7) is 1.77. The van der Waals surface area contributed by atoms with Crippen molar-refractivity contribution in [2.24, 2.45) is 10.2 Å². The Morgan fingerprint density at radius 3 is 2.96 bits per heavy atom. The Hall–Kier alpha value is -3.55. The normalized spacial score (nSPS) is 11.8. The summed E-state index contributed by atoms with van der Waals surface area (Å²) in [5.74, 6) is -0.570. The number of H-pyrrole nitrogens is 1. The number of fused-ring (bicyclic) bond motifs is 2. The second kappa shape index (κ2) is 6.07. The first-order valence-corrected chi connectivity index (χ1v) is 7.89. The summed E-state index contributed by atoms with van der Waals surface area (Å²) in [7, 11) is 0. The molecule has 0 aliphatic rings. The highest BCUT2D eigenvalue weighted by atomic mass is 19.1. The fourth-order valence-electron chi connectivity index (χ4n) is 2.91. The molecule has 0 spiro atoms. The number of aromatic hydroxyl groups is 1. The summed E-state index contributed by atoms with van der Waals surface area (Å²) >= 11 is 0. The van der Waals surface area contributed by atoms with Gasteiger partial charge in [-0.1, -0.05) is 12.1 Å². The lowest BCUT2D eigenvalue weighted by Gasteiger charge is -2.02. The molecule has 0 aliphatic carbocycles. The number of hydrogen-bond acceptors (Lipinski definition) is 4. The Morgan fingerprint density at radius 2 is 2.12 bits per heavy atom. The quantitative estimate of drug-likeness (QED) is 0.546. The third-order valence-electron chi connectivity index (χ3n) is 4.11. The van der Waals surface area contributed by atoms with E-state index in [0.29, 0.717) is 16.7 Å². The Kier molecular flexibility index (Phi) is 3.72. The van der Waals surface area contributed by atoms with Crippen LogP contribution >= 0.6 is 0 Å². The van der Waals surface area contributed by atoms with Gasteiger partial charge in [0.05, 0.1) is 16.6 Å². The van der Waals surface area contributed by atoms with Crippen molar-refractivity contribution in [3.63, 3.8) is 0 Å². The topological polar surface area (TPSA) is 95.6 Å². The maximum atomic E-state index is 13.4. The molecule has 0 fully saturated rings. The monoisotopic (exact) mass is 351 g/mol. The number of azo groups is 1. The molecule has 1 amide bonds. The van der Waals surface area contributed by atoms with Crippen LogP contribution in [0.5, 0.6) is 5.88 Å². The first-order chi connectivity index (χ1) is 12.5. The summed E-state index contributed by atoms with van der Waals surface area (Å²) in [6.07, 6.45) is 0. The molecule has 0 saturated heterocycles. The highest BCUT2D eigenvalue weighted by molar-refractivity contribution is 5.94. The van der Waals surface area contributed by atoms with Crippen LogP contribution in [0.25, 0.3) is 21.9 Å². The predicted molar refractivity (Wildman–Crippen MR) is 93.9 cm³/mol. The number of halogens is 1. The van der Waals surface area contributed by atoms with Gasteiger partial charge < -0.3 is 14.7 Å². The van der Waals surface area contributed by atoms with Crippen molar-refractivity contribution < 1.29 is 14.3 Å². The van der Waals surface area contributed by atoms with Gasteiger partial charge in [0.15, 0.2) is 5.69 Å². The molecule has 0 atom stereocenters. The Labute approximate surface area is 146 Å². The first kappa shape index (κ1) is 15.9. The molecule has 2 heterocycles. The van der Waals surface area contributed by atoms with E-state index in [2.05, 4.69) is 20.2 Å². The van der Waals surface area contributed by atoms with Crippen LogP contribution in [-0.2, 0) is 11.3 Å². The van der Waals surface area contributed by atoms with Crippen LogP contribution in [0.1, 0.15) is 5.82 Å². The number of aromatic nitrogens is 3. The Balaban J connectivity index is 1.63. The lowest BCUT2D eigenvalue weighted by atomic mass is 10.2. The number of aryl methyl sites for hydroxylation is 1. The van der Waals surface area contributed by atoms with Crippen LogP contribution in [0, 0.1) is 12.7 Å². The van der Waals surface area contributed by atoms with Crippen LogP contribution in [0.4, 0.5) is 10.1 Å². The van der Waals surface area contributed by atoms with Gasteiger partial charge in [0, 0.05) is 5.39 Å². The molecule has 7 nitrogen and oxygen atoms in total. The van der Waals surface area contributed by atoms with Crippen molar-refractivity contribution in [2.45, 2.75) is 13.5 Å². The van der Waals surface area contributed by atoms with Gasteiger partial charge in [-0.2, -0.15) is 0 Å². The largest absolute Gasteiger partial charge is 0.493 e. The molecule has 8 heteroatoms. The van der Waals surface area contributed by atoms with Crippen molar-refractivity contribution in [1.29, 1.82) is 0 Å². The van der Waals surface area contributed by atoms with Gasteiger partial charge in [-0.3, -0.25) is 4.79 Å². The van der Waals surface area contributed by atoms with Gasteiger partial charge in [0.2, 0.25) is 5.88 Å². The Morgan fingerprint density at radius 1 is 1.31 bits per heavy atom. The second-order valence-electron chi connectivity index (χ2n) is 5.84. The van der Waals surface area contributed by atoms with E-state index in [9.17, 15) is 14.3 Å². The minimum absolute atomic E-state index is 0.0278. The van der Waals surface area contributed by atoms with Crippen LogP contribution in [0.2, 0.25) is 0 Å². The zero-order valence-corrected chi connectivity index (χ0v) is 13.8. The van der Waals surface area contributed by atoms with E-state index >= 15 is 0 Å². The summed E-state index contributed by atoms with van der Waals surface area (Å²) in [4.78, 5) is 19.3. The molecule has 0 aliphatic heterocycles. The molecular weight excluding hydrogens is 337 g/mol. The number of aromatic amines is 1. The van der Waals surface area contributed by atoms with Gasteiger partial charge >= 0.3 is 0 Å². The van der Waals surface area contributed by atoms with Crippen LogP contribution in [0.15, 0.2) is 52.7 Å². The van der Waals surface area contributed by atoms with Gasteiger partial charge in [-0.25, -0.2) is 9.37 Å². The molecule has 4 rings (SSSR count). The molecule has 0 unspecified atom stereocenters.